The SMILES string of the molecule is Cc1cccc(CN2CCN(c3ncc(C#N)cc3Cl)CC2=O)c1. The molecule has 0 spiro atoms. The molecule has 0 N–H and O–H groups in total. The Morgan fingerprint density at radius 3 is 2.83 bits per heavy atom. The number of aromatic nitrogens is 1. The van der Waals surface area contributed by atoms with Gasteiger partial charge in [-0.2, -0.15) is 5.26 Å². The van der Waals surface area contributed by atoms with Crippen LogP contribution in [0.4, 0.5) is 5.82 Å². The predicted molar refractivity (Wildman–Crippen MR) is 92.8 cm³/mol. The molecular weight excluding hydrogens is 324 g/mol. The molecular formula is C18H17ClN4O. The van der Waals surface area contributed by atoms with Gasteiger partial charge in [-0.1, -0.05) is 41.4 Å². The normalized spacial score (nSPS) is 14.6. The van der Waals surface area contributed by atoms with E-state index in [4.69, 9.17) is 16.9 Å². The molecule has 1 fully saturated rings. The minimum Gasteiger partial charge on any atom is -0.344 e. The van der Waals surface area contributed by atoms with E-state index in [1.807, 2.05) is 41.0 Å². The maximum atomic E-state index is 12.5. The van der Waals surface area contributed by atoms with Crippen LogP contribution in [0.5, 0.6) is 0 Å². The van der Waals surface area contributed by atoms with Crippen LogP contribution in [-0.2, 0) is 11.3 Å². The minimum absolute atomic E-state index is 0.0463. The number of anilines is 1. The molecule has 0 saturated carbocycles. The van der Waals surface area contributed by atoms with Crippen LogP contribution in [0.3, 0.4) is 0 Å². The summed E-state index contributed by atoms with van der Waals surface area (Å²) in [5, 5.41) is 9.27. The van der Waals surface area contributed by atoms with Crippen molar-refractivity contribution >= 4 is 23.3 Å². The number of halogens is 1. The third kappa shape index (κ3) is 3.50. The first-order valence-corrected chi connectivity index (χ1v) is 8.08. The Hall–Kier alpha value is -2.58. The van der Waals surface area contributed by atoms with Crippen molar-refractivity contribution in [3.05, 3.63) is 58.2 Å². The van der Waals surface area contributed by atoms with Crippen molar-refractivity contribution in [2.24, 2.45) is 0 Å². The molecule has 1 aliphatic rings. The third-order valence-corrected chi connectivity index (χ3v) is 4.30. The van der Waals surface area contributed by atoms with Crippen LogP contribution >= 0.6 is 11.6 Å². The topological polar surface area (TPSA) is 60.2 Å². The van der Waals surface area contributed by atoms with Gasteiger partial charge in [0, 0.05) is 25.8 Å². The number of carbonyl (C=O) groups excluding carboxylic acids is 1. The highest BCUT2D eigenvalue weighted by Crippen LogP contribution is 2.25. The van der Waals surface area contributed by atoms with Crippen LogP contribution in [0, 0.1) is 18.3 Å². The summed E-state index contributed by atoms with van der Waals surface area (Å²) in [4.78, 5) is 20.4. The number of pyridine rings is 1. The zero-order valence-corrected chi connectivity index (χ0v) is 14.1. The van der Waals surface area contributed by atoms with E-state index in [0.29, 0.717) is 36.0 Å². The van der Waals surface area contributed by atoms with Gasteiger partial charge in [-0.3, -0.25) is 4.79 Å². The van der Waals surface area contributed by atoms with Crippen LogP contribution in [-0.4, -0.2) is 35.4 Å². The Kier molecular flexibility index (Phi) is 4.68. The quantitative estimate of drug-likeness (QED) is 0.862. The molecule has 1 aromatic carbocycles. The van der Waals surface area contributed by atoms with Gasteiger partial charge in [0.1, 0.15) is 11.9 Å². The van der Waals surface area contributed by atoms with E-state index in [9.17, 15) is 4.79 Å². The van der Waals surface area contributed by atoms with Gasteiger partial charge in [0.05, 0.1) is 17.1 Å². The van der Waals surface area contributed by atoms with Crippen molar-refractivity contribution in [3.63, 3.8) is 0 Å². The van der Waals surface area contributed by atoms with E-state index >= 15 is 0 Å². The number of nitriles is 1. The van der Waals surface area contributed by atoms with Crippen molar-refractivity contribution in [1.82, 2.24) is 9.88 Å². The van der Waals surface area contributed by atoms with Crippen molar-refractivity contribution < 1.29 is 4.79 Å². The number of piperazine rings is 1. The lowest BCUT2D eigenvalue weighted by Crippen LogP contribution is -2.50. The molecule has 6 heteroatoms. The number of amides is 1. The fraction of sp³-hybridized carbons (Fsp3) is 0.278. The van der Waals surface area contributed by atoms with Crippen LogP contribution in [0.25, 0.3) is 0 Å². The van der Waals surface area contributed by atoms with Crippen LogP contribution in [0.1, 0.15) is 16.7 Å². The molecule has 5 nitrogen and oxygen atoms in total. The second-order valence-electron chi connectivity index (χ2n) is 5.87. The van der Waals surface area contributed by atoms with Crippen molar-refractivity contribution in [2.45, 2.75) is 13.5 Å². The number of nitrogens with zero attached hydrogens (tertiary/aromatic N) is 4. The molecule has 3 rings (SSSR count). The molecule has 0 unspecified atom stereocenters. The van der Waals surface area contributed by atoms with E-state index in [1.54, 1.807) is 6.07 Å². The minimum atomic E-state index is 0.0463. The maximum absolute atomic E-state index is 12.5. The van der Waals surface area contributed by atoms with Gasteiger partial charge in [0.15, 0.2) is 0 Å². The first-order chi connectivity index (χ1) is 11.6. The fourth-order valence-electron chi connectivity index (χ4n) is 2.81. The largest absolute Gasteiger partial charge is 0.344 e. The molecule has 2 heterocycles. The highest BCUT2D eigenvalue weighted by molar-refractivity contribution is 6.33. The summed E-state index contributed by atoms with van der Waals surface area (Å²) < 4.78 is 0. The molecule has 0 aliphatic carbocycles. The lowest BCUT2D eigenvalue weighted by atomic mass is 10.1. The molecule has 122 valence electrons. The summed E-state index contributed by atoms with van der Waals surface area (Å²) >= 11 is 6.19. The molecule has 1 amide bonds. The smallest absolute Gasteiger partial charge is 0.242 e. The van der Waals surface area contributed by atoms with Crippen molar-refractivity contribution in [2.75, 3.05) is 24.5 Å². The molecule has 2 aromatic rings. The monoisotopic (exact) mass is 340 g/mol. The van der Waals surface area contributed by atoms with Crippen molar-refractivity contribution in [3.8, 4) is 6.07 Å². The molecule has 1 aromatic heterocycles. The molecule has 1 aliphatic heterocycles. The Morgan fingerprint density at radius 2 is 2.17 bits per heavy atom. The standard InChI is InChI=1S/C18H17ClN4O/c1-13-3-2-4-14(7-13)11-22-5-6-23(12-17(22)24)18-16(19)8-15(9-20)10-21-18/h2-4,7-8,10H,5-6,11-12H2,1H3. The van der Waals surface area contributed by atoms with E-state index in [0.717, 1.165) is 5.56 Å². The van der Waals surface area contributed by atoms with E-state index < -0.39 is 0 Å². The second-order valence-corrected chi connectivity index (χ2v) is 6.27. The zero-order valence-electron chi connectivity index (χ0n) is 13.4. The Bertz CT molecular complexity index is 815. The van der Waals surface area contributed by atoms with Crippen LogP contribution in [0.2, 0.25) is 5.02 Å². The Balaban J connectivity index is 1.69. The zero-order chi connectivity index (χ0) is 17.1. The Labute approximate surface area is 146 Å². The number of benzene rings is 1. The van der Waals surface area contributed by atoms with Gasteiger partial charge in [-0.15, -0.1) is 0 Å². The third-order valence-electron chi connectivity index (χ3n) is 4.02. The van der Waals surface area contributed by atoms with E-state index in [-0.39, 0.29) is 12.5 Å². The van der Waals surface area contributed by atoms with Gasteiger partial charge >= 0.3 is 0 Å². The van der Waals surface area contributed by atoms with E-state index in [2.05, 4.69) is 11.1 Å². The fourth-order valence-corrected chi connectivity index (χ4v) is 3.10. The highest BCUT2D eigenvalue weighted by atomic mass is 35.5. The van der Waals surface area contributed by atoms with Gasteiger partial charge < -0.3 is 9.80 Å². The summed E-state index contributed by atoms with van der Waals surface area (Å²) in [6.45, 7) is 4.18. The summed E-state index contributed by atoms with van der Waals surface area (Å²) in [6.07, 6.45) is 1.48. The van der Waals surface area contributed by atoms with Crippen LogP contribution < -0.4 is 4.90 Å². The van der Waals surface area contributed by atoms with E-state index in [1.165, 1.54) is 11.8 Å². The molecule has 0 bridgehead atoms. The van der Waals surface area contributed by atoms with Gasteiger partial charge in [-0.25, -0.2) is 4.98 Å². The number of rotatable bonds is 3. The summed E-state index contributed by atoms with van der Waals surface area (Å²) in [5.41, 5.74) is 2.73. The average molecular weight is 341 g/mol. The molecule has 0 radical (unpaired) electrons. The van der Waals surface area contributed by atoms with Gasteiger partial charge in [0.2, 0.25) is 5.91 Å². The number of hydrogen-bond acceptors (Lipinski definition) is 4. The molecule has 0 atom stereocenters. The second kappa shape index (κ2) is 6.90. The lowest BCUT2D eigenvalue weighted by molar-refractivity contribution is -0.131. The summed E-state index contributed by atoms with van der Waals surface area (Å²) in [5.74, 6) is 0.601. The number of aryl methyl sites for hydroxylation is 1. The summed E-state index contributed by atoms with van der Waals surface area (Å²) in [6, 6.07) is 11.8. The number of carbonyl (C=O) groups is 1. The first-order valence-electron chi connectivity index (χ1n) is 7.71. The first kappa shape index (κ1) is 16.3. The summed E-state index contributed by atoms with van der Waals surface area (Å²) in [7, 11) is 0. The molecule has 1 saturated heterocycles. The van der Waals surface area contributed by atoms with Crippen molar-refractivity contribution in [1.29, 1.82) is 5.26 Å². The van der Waals surface area contributed by atoms with Gasteiger partial charge in [0.25, 0.3) is 0 Å². The van der Waals surface area contributed by atoms with Gasteiger partial charge in [-0.05, 0) is 18.6 Å². The Morgan fingerprint density at radius 1 is 1.33 bits per heavy atom. The predicted octanol–water partition coefficient (Wildman–Crippen LogP) is 2.76. The maximum Gasteiger partial charge on any atom is 0.242 e. The molecule has 24 heavy (non-hydrogen) atoms. The van der Waals surface area contributed by atoms with Crippen LogP contribution in [0.15, 0.2) is 36.5 Å². The lowest BCUT2D eigenvalue weighted by Gasteiger charge is -2.35. The number of hydrogen-bond donors (Lipinski definition) is 0. The average Bonchev–Trinajstić information content (AvgIpc) is 2.57. The highest BCUT2D eigenvalue weighted by Gasteiger charge is 2.26.